The van der Waals surface area contributed by atoms with E-state index < -0.39 is 0 Å². The number of ether oxygens (including phenoxy) is 2. The minimum Gasteiger partial charge on any atom is -0.489 e. The molecule has 2 N–H and O–H groups in total. The van der Waals surface area contributed by atoms with Gasteiger partial charge in [0.25, 0.3) is 0 Å². The average Bonchev–Trinajstić information content (AvgIpc) is 2.69. The fourth-order valence-corrected chi connectivity index (χ4v) is 2.34. The van der Waals surface area contributed by atoms with Gasteiger partial charge >= 0.3 is 0 Å². The van der Waals surface area contributed by atoms with E-state index >= 15 is 0 Å². The summed E-state index contributed by atoms with van der Waals surface area (Å²) in [5.74, 6) is 1.57. The van der Waals surface area contributed by atoms with Crippen LogP contribution in [-0.4, -0.2) is 13.2 Å². The highest BCUT2D eigenvalue weighted by Crippen LogP contribution is 2.35. The normalized spacial score (nSPS) is 17.4. The first kappa shape index (κ1) is 13.9. The molecule has 110 valence electrons. The second-order valence-electron chi connectivity index (χ2n) is 5.40. The molecular formula is C17H18FNO2. The number of rotatable bonds is 2. The van der Waals surface area contributed by atoms with Gasteiger partial charge in [-0.3, -0.25) is 0 Å². The van der Waals surface area contributed by atoms with E-state index in [9.17, 15) is 4.39 Å². The molecule has 0 bridgehead atoms. The Hall–Kier alpha value is -2.07. The van der Waals surface area contributed by atoms with Gasteiger partial charge in [0, 0.05) is 18.0 Å². The van der Waals surface area contributed by atoms with Gasteiger partial charge in [0.05, 0.1) is 13.2 Å². The highest BCUT2D eigenvalue weighted by molar-refractivity contribution is 5.68. The van der Waals surface area contributed by atoms with Crippen LogP contribution in [0.25, 0.3) is 11.1 Å². The van der Waals surface area contributed by atoms with Gasteiger partial charge in [0.1, 0.15) is 5.82 Å². The molecule has 0 aliphatic carbocycles. The molecule has 1 unspecified atom stereocenters. The maximum Gasteiger partial charge on any atom is 0.161 e. The molecule has 4 heteroatoms. The molecule has 0 radical (unpaired) electrons. The topological polar surface area (TPSA) is 44.5 Å². The zero-order valence-electron chi connectivity index (χ0n) is 11.9. The summed E-state index contributed by atoms with van der Waals surface area (Å²) < 4.78 is 25.0. The van der Waals surface area contributed by atoms with Crippen LogP contribution in [-0.2, 0) is 6.54 Å². The molecule has 0 fully saturated rings. The van der Waals surface area contributed by atoms with Crippen LogP contribution in [0.5, 0.6) is 11.5 Å². The summed E-state index contributed by atoms with van der Waals surface area (Å²) in [4.78, 5) is 0. The molecule has 0 amide bonds. The monoisotopic (exact) mass is 287 g/mol. The Morgan fingerprint density at radius 1 is 1.05 bits per heavy atom. The zero-order chi connectivity index (χ0) is 14.8. The Kier molecular flexibility index (Phi) is 3.80. The maximum atomic E-state index is 13.5. The van der Waals surface area contributed by atoms with E-state index in [-0.39, 0.29) is 12.4 Å². The molecule has 0 saturated carbocycles. The van der Waals surface area contributed by atoms with Crippen LogP contribution in [0.15, 0.2) is 36.4 Å². The van der Waals surface area contributed by atoms with Gasteiger partial charge in [-0.1, -0.05) is 19.1 Å². The summed E-state index contributed by atoms with van der Waals surface area (Å²) in [5, 5.41) is 0. The smallest absolute Gasteiger partial charge is 0.161 e. The predicted molar refractivity (Wildman–Crippen MR) is 79.9 cm³/mol. The van der Waals surface area contributed by atoms with Crippen molar-refractivity contribution in [1.29, 1.82) is 0 Å². The molecule has 1 heterocycles. The van der Waals surface area contributed by atoms with Crippen LogP contribution in [0.3, 0.4) is 0 Å². The molecule has 1 aliphatic rings. The van der Waals surface area contributed by atoms with E-state index in [1.807, 2.05) is 18.2 Å². The summed E-state index contributed by atoms with van der Waals surface area (Å²) >= 11 is 0. The third-order valence-corrected chi connectivity index (χ3v) is 3.59. The summed E-state index contributed by atoms with van der Waals surface area (Å²) in [7, 11) is 0. The number of halogens is 1. The van der Waals surface area contributed by atoms with Crippen LogP contribution < -0.4 is 15.2 Å². The number of hydrogen-bond donors (Lipinski definition) is 1. The molecule has 21 heavy (non-hydrogen) atoms. The minimum atomic E-state index is -0.274. The van der Waals surface area contributed by atoms with Crippen molar-refractivity contribution in [3.63, 3.8) is 0 Å². The quantitative estimate of drug-likeness (QED) is 0.921. The third kappa shape index (κ3) is 2.85. The number of nitrogens with two attached hydrogens (primary N) is 1. The van der Waals surface area contributed by atoms with Gasteiger partial charge < -0.3 is 15.2 Å². The van der Waals surface area contributed by atoms with Crippen LogP contribution in [0.1, 0.15) is 12.5 Å². The first-order valence-electron chi connectivity index (χ1n) is 7.06. The lowest BCUT2D eigenvalue weighted by Gasteiger charge is -2.10. The Balaban J connectivity index is 1.97. The maximum absolute atomic E-state index is 13.5. The molecule has 3 nitrogen and oxygen atoms in total. The average molecular weight is 287 g/mol. The molecule has 2 aromatic rings. The van der Waals surface area contributed by atoms with Gasteiger partial charge in [-0.15, -0.1) is 0 Å². The molecule has 1 aliphatic heterocycles. The minimum absolute atomic E-state index is 0.182. The number of fused-ring (bicyclic) bond motifs is 1. The first-order valence-corrected chi connectivity index (χ1v) is 7.06. The molecule has 2 aromatic carbocycles. The Bertz CT molecular complexity index is 657. The second kappa shape index (κ2) is 5.74. The molecule has 0 spiro atoms. The lowest BCUT2D eigenvalue weighted by atomic mass is 10.0. The molecule has 3 rings (SSSR count). The van der Waals surface area contributed by atoms with Crippen LogP contribution in [0.4, 0.5) is 4.39 Å². The Morgan fingerprint density at radius 3 is 2.48 bits per heavy atom. The van der Waals surface area contributed by atoms with E-state index in [2.05, 4.69) is 6.92 Å². The lowest BCUT2D eigenvalue weighted by Crippen LogP contribution is -2.12. The van der Waals surface area contributed by atoms with Crippen molar-refractivity contribution in [2.75, 3.05) is 13.2 Å². The Labute approximate surface area is 123 Å². The summed E-state index contributed by atoms with van der Waals surface area (Å²) in [6.07, 6.45) is 0. The van der Waals surface area contributed by atoms with Crippen molar-refractivity contribution >= 4 is 0 Å². The molecule has 1 atom stereocenters. The van der Waals surface area contributed by atoms with Gasteiger partial charge in [-0.25, -0.2) is 4.39 Å². The molecular weight excluding hydrogens is 269 g/mol. The third-order valence-electron chi connectivity index (χ3n) is 3.59. The van der Waals surface area contributed by atoms with Crippen molar-refractivity contribution in [3.8, 4) is 22.6 Å². The van der Waals surface area contributed by atoms with Gasteiger partial charge in [0.15, 0.2) is 11.5 Å². The standard InChI is InChI=1S/C17H18FNO2/c1-11-9-20-16-5-3-13(7-17(16)21-10-11)12-2-4-15(18)14(6-12)8-19/h2-7,11H,8-10,19H2,1H3. The first-order chi connectivity index (χ1) is 10.2. The fraction of sp³-hybridized carbons (Fsp3) is 0.294. The zero-order valence-corrected chi connectivity index (χ0v) is 11.9. The van der Waals surface area contributed by atoms with Crippen LogP contribution in [0, 0.1) is 11.7 Å². The lowest BCUT2D eigenvalue weighted by molar-refractivity contribution is 0.228. The van der Waals surface area contributed by atoms with E-state index in [4.69, 9.17) is 15.2 Å². The largest absolute Gasteiger partial charge is 0.489 e. The number of hydrogen-bond acceptors (Lipinski definition) is 3. The van der Waals surface area contributed by atoms with E-state index in [1.54, 1.807) is 12.1 Å². The summed E-state index contributed by atoms with van der Waals surface area (Å²) in [5.41, 5.74) is 7.94. The molecule has 0 saturated heterocycles. The highest BCUT2D eigenvalue weighted by Gasteiger charge is 2.16. The van der Waals surface area contributed by atoms with Crippen molar-refractivity contribution in [3.05, 3.63) is 47.8 Å². The van der Waals surface area contributed by atoms with E-state index in [0.29, 0.717) is 24.7 Å². The van der Waals surface area contributed by atoms with Crippen LogP contribution in [0.2, 0.25) is 0 Å². The van der Waals surface area contributed by atoms with E-state index in [0.717, 1.165) is 22.6 Å². The van der Waals surface area contributed by atoms with Gasteiger partial charge in [0.2, 0.25) is 0 Å². The SMILES string of the molecule is CC1COc2ccc(-c3ccc(F)c(CN)c3)cc2OC1. The fourth-order valence-electron chi connectivity index (χ4n) is 2.34. The highest BCUT2D eigenvalue weighted by atomic mass is 19.1. The summed E-state index contributed by atoms with van der Waals surface area (Å²) in [6.45, 7) is 3.55. The number of benzene rings is 2. The van der Waals surface area contributed by atoms with Crippen LogP contribution >= 0.6 is 0 Å². The van der Waals surface area contributed by atoms with Crippen molar-refractivity contribution < 1.29 is 13.9 Å². The van der Waals surface area contributed by atoms with Gasteiger partial charge in [-0.2, -0.15) is 0 Å². The van der Waals surface area contributed by atoms with E-state index in [1.165, 1.54) is 6.07 Å². The summed E-state index contributed by atoms with van der Waals surface area (Å²) in [6, 6.07) is 10.7. The second-order valence-corrected chi connectivity index (χ2v) is 5.40. The predicted octanol–water partition coefficient (Wildman–Crippen LogP) is 3.36. The van der Waals surface area contributed by atoms with Crippen molar-refractivity contribution in [2.24, 2.45) is 11.7 Å². The Morgan fingerprint density at radius 2 is 1.71 bits per heavy atom. The van der Waals surface area contributed by atoms with Gasteiger partial charge in [-0.05, 0) is 35.4 Å². The van der Waals surface area contributed by atoms with Crippen molar-refractivity contribution in [1.82, 2.24) is 0 Å². The van der Waals surface area contributed by atoms with Crippen molar-refractivity contribution in [2.45, 2.75) is 13.5 Å². The molecule has 0 aromatic heterocycles.